The molecule has 0 aliphatic heterocycles. The average Bonchev–Trinajstić information content (AvgIpc) is 2.85. The van der Waals surface area contributed by atoms with Crippen molar-refractivity contribution in [2.75, 3.05) is 0 Å². The molecule has 0 aromatic heterocycles. The summed E-state index contributed by atoms with van der Waals surface area (Å²) in [6.45, 7) is 6.62. The molecule has 0 spiro atoms. The van der Waals surface area contributed by atoms with Crippen LogP contribution >= 0.6 is 0 Å². The first-order valence-corrected chi connectivity index (χ1v) is 9.59. The molecule has 2 heteroatoms. The Kier molecular flexibility index (Phi) is 3.42. The van der Waals surface area contributed by atoms with Crippen LogP contribution in [0.3, 0.4) is 0 Å². The van der Waals surface area contributed by atoms with E-state index in [-0.39, 0.29) is 10.8 Å². The molecule has 1 unspecified atom stereocenters. The summed E-state index contributed by atoms with van der Waals surface area (Å²) in [5.74, 6) is 3.78. The summed E-state index contributed by atoms with van der Waals surface area (Å²) in [7, 11) is 0. The maximum absolute atomic E-state index is 12.1. The lowest BCUT2D eigenvalue weighted by Gasteiger charge is -2.58. The Morgan fingerprint density at radius 3 is 2.61 bits per heavy atom. The first-order chi connectivity index (χ1) is 10.9. The zero-order valence-corrected chi connectivity index (χ0v) is 14.8. The van der Waals surface area contributed by atoms with Gasteiger partial charge in [0, 0.05) is 12.3 Å². The van der Waals surface area contributed by atoms with Gasteiger partial charge in [-0.15, -0.1) is 0 Å². The molecule has 0 N–H and O–H groups in total. The summed E-state index contributed by atoms with van der Waals surface area (Å²) in [4.78, 5) is 24.0. The second-order valence-corrected chi connectivity index (χ2v) is 9.31. The van der Waals surface area contributed by atoms with Crippen molar-refractivity contribution >= 4 is 11.6 Å². The number of carbonyl (C=O) groups excluding carboxylic acids is 2. The van der Waals surface area contributed by atoms with E-state index in [9.17, 15) is 9.59 Å². The summed E-state index contributed by atoms with van der Waals surface area (Å²) < 4.78 is 0. The van der Waals surface area contributed by atoms with Crippen LogP contribution in [0.5, 0.6) is 0 Å². The molecule has 4 aliphatic carbocycles. The first-order valence-electron chi connectivity index (χ1n) is 9.59. The van der Waals surface area contributed by atoms with Crippen LogP contribution in [0, 0.1) is 40.4 Å². The predicted molar refractivity (Wildman–Crippen MR) is 90.8 cm³/mol. The van der Waals surface area contributed by atoms with Crippen LogP contribution in [-0.2, 0) is 9.59 Å². The van der Waals surface area contributed by atoms with Crippen LogP contribution in [0.1, 0.15) is 65.7 Å². The molecule has 0 bridgehead atoms. The largest absolute Gasteiger partial charge is 0.300 e. The third kappa shape index (κ3) is 2.06. The number of Topliss-reactive ketones (excluding diaryl/α,β-unsaturated/α-hetero) is 1. The molecule has 4 rings (SSSR count). The third-order valence-corrected chi connectivity index (χ3v) is 8.53. The van der Waals surface area contributed by atoms with E-state index in [0.717, 1.165) is 30.6 Å². The smallest absolute Gasteiger partial charge is 0.155 e. The number of hydrogen-bond donors (Lipinski definition) is 0. The maximum Gasteiger partial charge on any atom is 0.155 e. The zero-order valence-electron chi connectivity index (χ0n) is 14.8. The van der Waals surface area contributed by atoms with Gasteiger partial charge < -0.3 is 0 Å². The maximum atomic E-state index is 12.1. The molecule has 0 aromatic rings. The number of allylic oxidation sites excluding steroid dienone is 2. The lowest BCUT2D eigenvalue weighted by atomic mass is 9.46. The van der Waals surface area contributed by atoms with Crippen molar-refractivity contribution in [1.82, 2.24) is 0 Å². The fourth-order valence-corrected chi connectivity index (χ4v) is 7.30. The van der Waals surface area contributed by atoms with E-state index < -0.39 is 0 Å². The number of ketones is 2. The minimum atomic E-state index is 0.215. The van der Waals surface area contributed by atoms with Crippen LogP contribution in [0.15, 0.2) is 12.2 Å². The van der Waals surface area contributed by atoms with Crippen molar-refractivity contribution < 1.29 is 9.59 Å². The Balaban J connectivity index is 1.66. The second-order valence-electron chi connectivity index (χ2n) is 9.31. The van der Waals surface area contributed by atoms with Crippen LogP contribution in [0.2, 0.25) is 0 Å². The van der Waals surface area contributed by atoms with Crippen molar-refractivity contribution in [1.29, 1.82) is 0 Å². The first kappa shape index (κ1) is 15.6. The van der Waals surface area contributed by atoms with Crippen molar-refractivity contribution in [2.24, 2.45) is 40.4 Å². The van der Waals surface area contributed by atoms with Crippen molar-refractivity contribution in [3.8, 4) is 0 Å². The number of hydrogen-bond acceptors (Lipinski definition) is 2. The molecule has 3 fully saturated rings. The molecule has 23 heavy (non-hydrogen) atoms. The molecule has 2 nitrogen and oxygen atoms in total. The van der Waals surface area contributed by atoms with Gasteiger partial charge in [0.1, 0.15) is 5.78 Å². The molecule has 0 amide bonds. The van der Waals surface area contributed by atoms with E-state index in [1.54, 1.807) is 6.92 Å². The molecular formula is C21H30O2. The molecule has 0 radical (unpaired) electrons. The Bertz CT molecular complexity index is 576. The molecular weight excluding hydrogens is 284 g/mol. The minimum Gasteiger partial charge on any atom is -0.300 e. The normalized spacial score (nSPS) is 51.8. The van der Waals surface area contributed by atoms with Crippen LogP contribution in [-0.4, -0.2) is 11.6 Å². The fourth-order valence-electron chi connectivity index (χ4n) is 7.30. The average molecular weight is 314 g/mol. The van der Waals surface area contributed by atoms with Gasteiger partial charge in [-0.1, -0.05) is 19.9 Å². The Hall–Kier alpha value is -0.920. The predicted octanol–water partition coefficient (Wildman–Crippen LogP) is 4.58. The van der Waals surface area contributed by atoms with Crippen molar-refractivity contribution in [3.05, 3.63) is 12.2 Å². The SMILES string of the molecule is CC(=O)[C@H]1CC[C@H]2[C@@H]3CCC4CC(=O)C=C[C@]4(C)[C@H]3CC[C@]12C. The standard InChI is InChI=1S/C21H30O2/c1-13(22)17-6-7-18-16-5-4-14-12-15(23)8-10-20(14,2)19(16)9-11-21(17,18)3/h8,10,14,16-19H,4-7,9,11-12H2,1-3H3/t14?,16-,17+,18-,19-,20-,21+/m0/s1. The second kappa shape index (κ2) is 5.04. The zero-order chi connectivity index (χ0) is 16.4. The van der Waals surface area contributed by atoms with Gasteiger partial charge in [-0.25, -0.2) is 0 Å². The molecule has 0 heterocycles. The summed E-state index contributed by atoms with van der Waals surface area (Å²) >= 11 is 0. The van der Waals surface area contributed by atoms with E-state index in [1.807, 2.05) is 6.08 Å². The van der Waals surface area contributed by atoms with E-state index in [2.05, 4.69) is 19.9 Å². The van der Waals surface area contributed by atoms with Gasteiger partial charge in [0.25, 0.3) is 0 Å². The number of carbonyl (C=O) groups is 2. The minimum absolute atomic E-state index is 0.215. The summed E-state index contributed by atoms with van der Waals surface area (Å²) in [6, 6.07) is 0. The Morgan fingerprint density at radius 2 is 1.87 bits per heavy atom. The lowest BCUT2D eigenvalue weighted by molar-refractivity contribution is -0.131. The molecule has 0 saturated heterocycles. The van der Waals surface area contributed by atoms with E-state index in [4.69, 9.17) is 0 Å². The quantitative estimate of drug-likeness (QED) is 0.710. The molecule has 7 atom stereocenters. The van der Waals surface area contributed by atoms with E-state index in [1.165, 1.54) is 32.1 Å². The van der Waals surface area contributed by atoms with Crippen LogP contribution < -0.4 is 0 Å². The fraction of sp³-hybridized carbons (Fsp3) is 0.810. The third-order valence-electron chi connectivity index (χ3n) is 8.53. The number of rotatable bonds is 1. The van der Waals surface area contributed by atoms with Crippen LogP contribution in [0.25, 0.3) is 0 Å². The lowest BCUT2D eigenvalue weighted by Crippen LogP contribution is -2.52. The molecule has 4 aliphatic rings. The summed E-state index contributed by atoms with van der Waals surface area (Å²) in [6.07, 6.45) is 12.1. The van der Waals surface area contributed by atoms with E-state index >= 15 is 0 Å². The van der Waals surface area contributed by atoms with Crippen molar-refractivity contribution in [3.63, 3.8) is 0 Å². The van der Waals surface area contributed by atoms with Gasteiger partial charge in [0.15, 0.2) is 5.78 Å². The van der Waals surface area contributed by atoms with Crippen LogP contribution in [0.4, 0.5) is 0 Å². The highest BCUT2D eigenvalue weighted by molar-refractivity contribution is 5.91. The van der Waals surface area contributed by atoms with Gasteiger partial charge in [0.05, 0.1) is 0 Å². The summed E-state index contributed by atoms with van der Waals surface area (Å²) in [5, 5.41) is 0. The van der Waals surface area contributed by atoms with Crippen molar-refractivity contribution in [2.45, 2.75) is 65.7 Å². The highest BCUT2D eigenvalue weighted by Crippen LogP contribution is 2.66. The monoisotopic (exact) mass is 314 g/mol. The molecule has 0 aromatic carbocycles. The van der Waals surface area contributed by atoms with Gasteiger partial charge in [-0.2, -0.15) is 0 Å². The van der Waals surface area contributed by atoms with E-state index in [0.29, 0.717) is 23.4 Å². The molecule has 126 valence electrons. The van der Waals surface area contributed by atoms with Gasteiger partial charge >= 0.3 is 0 Å². The highest BCUT2D eigenvalue weighted by atomic mass is 16.1. The number of fused-ring (bicyclic) bond motifs is 5. The topological polar surface area (TPSA) is 34.1 Å². The Morgan fingerprint density at radius 1 is 1.09 bits per heavy atom. The van der Waals surface area contributed by atoms with Gasteiger partial charge in [-0.05, 0) is 86.0 Å². The van der Waals surface area contributed by atoms with Gasteiger partial charge in [-0.3, -0.25) is 9.59 Å². The highest BCUT2D eigenvalue weighted by Gasteiger charge is 2.60. The Labute approximate surface area is 140 Å². The van der Waals surface area contributed by atoms with Gasteiger partial charge in [0.2, 0.25) is 0 Å². The summed E-state index contributed by atoms with van der Waals surface area (Å²) in [5.41, 5.74) is 0.455. The molecule has 3 saturated carbocycles.